The van der Waals surface area contributed by atoms with Crippen molar-refractivity contribution in [3.05, 3.63) is 40.3 Å². The van der Waals surface area contributed by atoms with Gasteiger partial charge in [0.2, 0.25) is 4.80 Å². The van der Waals surface area contributed by atoms with Crippen LogP contribution in [0.3, 0.4) is 0 Å². The van der Waals surface area contributed by atoms with E-state index in [1.54, 1.807) is 28.7 Å². The van der Waals surface area contributed by atoms with Crippen LogP contribution in [-0.4, -0.2) is 17.4 Å². The van der Waals surface area contributed by atoms with Gasteiger partial charge in [0.15, 0.2) is 0 Å². The molecule has 3 nitrogen and oxygen atoms in total. The van der Waals surface area contributed by atoms with Gasteiger partial charge in [-0.1, -0.05) is 26.0 Å². The van der Waals surface area contributed by atoms with Crippen molar-refractivity contribution in [3.63, 3.8) is 0 Å². The van der Waals surface area contributed by atoms with E-state index in [4.69, 9.17) is 0 Å². The van der Waals surface area contributed by atoms with Crippen LogP contribution in [0.2, 0.25) is 0 Å². The molecular formula is C15H19N3S2. The smallest absolute Gasteiger partial charge is 0.206 e. The van der Waals surface area contributed by atoms with E-state index in [1.165, 1.54) is 4.88 Å². The molecule has 0 amide bonds. The van der Waals surface area contributed by atoms with Crippen molar-refractivity contribution in [1.29, 1.82) is 0 Å². The molecule has 0 saturated carbocycles. The highest BCUT2D eigenvalue weighted by Crippen LogP contribution is 2.24. The van der Waals surface area contributed by atoms with Gasteiger partial charge in [0.25, 0.3) is 0 Å². The summed E-state index contributed by atoms with van der Waals surface area (Å²) in [7, 11) is 0. The summed E-state index contributed by atoms with van der Waals surface area (Å²) in [6.45, 7) is 8.70. The molecule has 0 N–H and O–H groups in total. The van der Waals surface area contributed by atoms with Gasteiger partial charge in [0.05, 0.1) is 17.1 Å². The third kappa shape index (κ3) is 3.77. The number of rotatable bonds is 6. The molecule has 5 heteroatoms. The fraction of sp³-hybridized carbons (Fsp3) is 0.333. The van der Waals surface area contributed by atoms with E-state index in [1.807, 2.05) is 10.9 Å². The van der Waals surface area contributed by atoms with Crippen molar-refractivity contribution < 1.29 is 0 Å². The van der Waals surface area contributed by atoms with E-state index in [0.29, 0.717) is 12.5 Å². The average molecular weight is 305 g/mol. The van der Waals surface area contributed by atoms with Crippen molar-refractivity contribution in [2.75, 3.05) is 6.54 Å². The second-order valence-corrected chi connectivity index (χ2v) is 6.53. The molecule has 2 aromatic heterocycles. The van der Waals surface area contributed by atoms with E-state index in [0.717, 1.165) is 16.9 Å². The Labute approximate surface area is 127 Å². The van der Waals surface area contributed by atoms with Gasteiger partial charge in [-0.25, -0.2) is 4.68 Å². The highest BCUT2D eigenvalue weighted by atomic mass is 32.1. The van der Waals surface area contributed by atoms with Crippen LogP contribution in [0.4, 0.5) is 0 Å². The van der Waals surface area contributed by atoms with E-state index in [-0.39, 0.29) is 0 Å². The van der Waals surface area contributed by atoms with Gasteiger partial charge < -0.3 is 0 Å². The van der Waals surface area contributed by atoms with Crippen molar-refractivity contribution in [2.45, 2.75) is 20.3 Å². The molecule has 2 rings (SSSR count). The molecule has 106 valence electrons. The Morgan fingerprint density at radius 2 is 2.25 bits per heavy atom. The first-order chi connectivity index (χ1) is 9.72. The Kier molecular flexibility index (Phi) is 5.49. The Morgan fingerprint density at radius 1 is 1.40 bits per heavy atom. The lowest BCUT2D eigenvalue weighted by Crippen LogP contribution is -2.12. The van der Waals surface area contributed by atoms with Gasteiger partial charge in [0.1, 0.15) is 0 Å². The molecule has 0 aliphatic carbocycles. The van der Waals surface area contributed by atoms with Crippen LogP contribution in [-0.2, 0) is 0 Å². The normalized spacial score (nSPS) is 12.7. The largest absolute Gasteiger partial charge is 0.253 e. The molecule has 0 bridgehead atoms. The fourth-order valence-corrected chi connectivity index (χ4v) is 3.24. The van der Waals surface area contributed by atoms with E-state index < -0.39 is 0 Å². The second kappa shape index (κ2) is 7.36. The Bertz CT molecular complexity index is 630. The lowest BCUT2D eigenvalue weighted by atomic mass is 10.2. The monoisotopic (exact) mass is 305 g/mol. The number of thiazole rings is 1. The zero-order chi connectivity index (χ0) is 14.4. The van der Waals surface area contributed by atoms with Crippen molar-refractivity contribution >= 4 is 28.9 Å². The molecule has 0 unspecified atom stereocenters. The number of thiophene rings is 1. The van der Waals surface area contributed by atoms with E-state index in [9.17, 15) is 0 Å². The van der Waals surface area contributed by atoms with Crippen molar-refractivity contribution in [1.82, 2.24) is 4.68 Å². The molecule has 0 atom stereocenters. The first-order valence-corrected chi connectivity index (χ1v) is 8.37. The summed E-state index contributed by atoms with van der Waals surface area (Å²) >= 11 is 3.33. The minimum atomic E-state index is 0.608. The minimum absolute atomic E-state index is 0.608. The molecule has 20 heavy (non-hydrogen) atoms. The van der Waals surface area contributed by atoms with Crippen LogP contribution in [0.25, 0.3) is 10.6 Å². The lowest BCUT2D eigenvalue weighted by molar-refractivity contribution is 0.685. The summed E-state index contributed by atoms with van der Waals surface area (Å²) in [5.41, 5.74) is 1.10. The zero-order valence-electron chi connectivity index (χ0n) is 11.8. The summed E-state index contributed by atoms with van der Waals surface area (Å²) in [6, 6.07) is 4.17. The quantitative estimate of drug-likeness (QED) is 0.564. The molecule has 0 aromatic carbocycles. The van der Waals surface area contributed by atoms with Crippen LogP contribution in [0.5, 0.6) is 0 Å². The van der Waals surface area contributed by atoms with Gasteiger partial charge in [-0.3, -0.25) is 4.99 Å². The Hall–Kier alpha value is -1.46. The summed E-state index contributed by atoms with van der Waals surface area (Å²) in [4.78, 5) is 6.63. The molecule has 2 aromatic rings. The fourth-order valence-electron chi connectivity index (χ4n) is 1.60. The molecule has 0 saturated heterocycles. The number of nitrogens with zero attached hydrogens (tertiary/aromatic N) is 3. The van der Waals surface area contributed by atoms with E-state index >= 15 is 0 Å². The number of hydrogen-bond acceptors (Lipinski definition) is 4. The van der Waals surface area contributed by atoms with Gasteiger partial charge in [-0.05, 0) is 23.8 Å². The highest BCUT2D eigenvalue weighted by molar-refractivity contribution is 7.14. The van der Waals surface area contributed by atoms with Crippen LogP contribution in [0, 0.1) is 5.92 Å². The molecule has 0 aliphatic rings. The Morgan fingerprint density at radius 3 is 2.90 bits per heavy atom. The van der Waals surface area contributed by atoms with Gasteiger partial charge >= 0.3 is 0 Å². The number of hydrogen-bond donors (Lipinski definition) is 0. The van der Waals surface area contributed by atoms with E-state index in [2.05, 4.69) is 53.4 Å². The molecule has 0 radical (unpaired) electrons. The maximum absolute atomic E-state index is 4.60. The Balaban J connectivity index is 2.40. The predicted octanol–water partition coefficient (Wildman–Crippen LogP) is 4.24. The molecular weight excluding hydrogens is 286 g/mol. The molecule has 0 aliphatic heterocycles. The maximum atomic E-state index is 4.60. The van der Waals surface area contributed by atoms with Gasteiger partial charge in [0, 0.05) is 11.6 Å². The average Bonchev–Trinajstić information content (AvgIpc) is 3.05. The van der Waals surface area contributed by atoms with Crippen molar-refractivity contribution in [3.8, 4) is 10.6 Å². The predicted molar refractivity (Wildman–Crippen MR) is 89.6 cm³/mol. The van der Waals surface area contributed by atoms with Gasteiger partial charge in [-0.2, -0.15) is 5.10 Å². The summed E-state index contributed by atoms with van der Waals surface area (Å²) in [5, 5.41) is 8.79. The third-order valence-corrected chi connectivity index (χ3v) is 4.33. The summed E-state index contributed by atoms with van der Waals surface area (Å²) in [6.07, 6.45) is 4.74. The first kappa shape index (κ1) is 14.9. The first-order valence-electron chi connectivity index (χ1n) is 6.61. The molecule has 2 heterocycles. The maximum Gasteiger partial charge on any atom is 0.206 e. The molecule has 0 spiro atoms. The summed E-state index contributed by atoms with van der Waals surface area (Å²) in [5.74, 6) is 0.608. The SMILES string of the molecule is C=CCN=c1scc(-c2cccs2)n1N=CCC(C)C. The third-order valence-electron chi connectivity index (χ3n) is 2.59. The minimum Gasteiger partial charge on any atom is -0.253 e. The van der Waals surface area contributed by atoms with Crippen LogP contribution >= 0.6 is 22.7 Å². The summed E-state index contributed by atoms with van der Waals surface area (Å²) < 4.78 is 1.93. The van der Waals surface area contributed by atoms with Crippen LogP contribution < -0.4 is 4.80 Å². The van der Waals surface area contributed by atoms with Gasteiger partial charge in [-0.15, -0.1) is 29.3 Å². The van der Waals surface area contributed by atoms with Crippen LogP contribution in [0.1, 0.15) is 20.3 Å². The van der Waals surface area contributed by atoms with Crippen molar-refractivity contribution in [2.24, 2.45) is 16.0 Å². The second-order valence-electron chi connectivity index (χ2n) is 4.75. The lowest BCUT2D eigenvalue weighted by Gasteiger charge is -2.01. The molecule has 0 fully saturated rings. The number of aromatic nitrogens is 1. The highest BCUT2D eigenvalue weighted by Gasteiger charge is 2.07. The topological polar surface area (TPSA) is 29.6 Å². The van der Waals surface area contributed by atoms with Crippen LogP contribution in [0.15, 0.2) is 45.6 Å². The zero-order valence-corrected chi connectivity index (χ0v) is 13.5. The standard InChI is InChI=1S/C15H19N3S2/c1-4-8-16-15-18(17-9-7-12(2)3)13(11-20-15)14-6-5-10-19-14/h4-6,9-12H,1,7-8H2,2-3H3.